The fourth-order valence-electron chi connectivity index (χ4n) is 2.92. The molecule has 10 heteroatoms. The Morgan fingerprint density at radius 3 is 2.33 bits per heavy atom. The van der Waals surface area contributed by atoms with Gasteiger partial charge in [0.2, 0.25) is 5.91 Å². The highest BCUT2D eigenvalue weighted by Crippen LogP contribution is 2.26. The molecular formula is C23H22Cl2N2O5S. The van der Waals surface area contributed by atoms with Crippen LogP contribution in [0.3, 0.4) is 0 Å². The lowest BCUT2D eigenvalue weighted by Gasteiger charge is -2.24. The molecule has 0 aliphatic heterocycles. The minimum absolute atomic E-state index is 0.000957. The Bertz CT molecular complexity index is 1200. The maximum Gasteiger partial charge on any atom is 0.264 e. The van der Waals surface area contributed by atoms with Gasteiger partial charge in [0.05, 0.1) is 24.2 Å². The first-order valence-corrected chi connectivity index (χ1v) is 12.1. The summed E-state index contributed by atoms with van der Waals surface area (Å²) >= 11 is 11.9. The van der Waals surface area contributed by atoms with Crippen LogP contribution in [0.5, 0.6) is 11.5 Å². The van der Waals surface area contributed by atoms with Crippen molar-refractivity contribution in [2.75, 3.05) is 31.1 Å². The molecule has 0 heterocycles. The van der Waals surface area contributed by atoms with Gasteiger partial charge in [0.1, 0.15) is 24.7 Å². The zero-order valence-corrected chi connectivity index (χ0v) is 20.0. The van der Waals surface area contributed by atoms with Gasteiger partial charge in [0.15, 0.2) is 0 Å². The number of nitrogens with one attached hydrogen (secondary N) is 1. The van der Waals surface area contributed by atoms with Crippen LogP contribution in [-0.2, 0) is 14.8 Å². The van der Waals surface area contributed by atoms with Crippen LogP contribution in [0.4, 0.5) is 5.69 Å². The fourth-order valence-corrected chi connectivity index (χ4v) is 4.64. The number of ether oxygens (including phenoxy) is 2. The Labute approximate surface area is 202 Å². The normalized spacial score (nSPS) is 11.0. The van der Waals surface area contributed by atoms with Gasteiger partial charge in [0.25, 0.3) is 10.0 Å². The number of methoxy groups -OCH3 is 1. The molecule has 3 aromatic carbocycles. The van der Waals surface area contributed by atoms with Crippen LogP contribution in [0.25, 0.3) is 0 Å². The molecule has 7 nitrogen and oxygen atoms in total. The Balaban J connectivity index is 1.69. The standard InChI is InChI=1S/C23H22Cl2N2O5S/c1-31-20-6-3-7-21(15-20)32-13-12-26-23(28)16-27(19-5-2-4-18(25)14-19)33(29,30)22-10-8-17(24)9-11-22/h2-11,14-15H,12-13,16H2,1H3,(H,26,28). The average Bonchev–Trinajstić information content (AvgIpc) is 2.80. The fraction of sp³-hybridized carbons (Fsp3) is 0.174. The van der Waals surface area contributed by atoms with Crippen molar-refractivity contribution < 1.29 is 22.7 Å². The molecule has 0 spiro atoms. The van der Waals surface area contributed by atoms with E-state index in [0.717, 1.165) is 4.31 Å². The largest absolute Gasteiger partial charge is 0.497 e. The second kappa shape index (κ2) is 11.3. The van der Waals surface area contributed by atoms with Gasteiger partial charge < -0.3 is 14.8 Å². The summed E-state index contributed by atoms with van der Waals surface area (Å²) in [5.74, 6) is 0.748. The summed E-state index contributed by atoms with van der Waals surface area (Å²) in [5, 5.41) is 3.42. The number of halogens is 2. The van der Waals surface area contributed by atoms with Crippen LogP contribution in [-0.4, -0.2) is 41.1 Å². The molecule has 0 bridgehead atoms. The summed E-state index contributed by atoms with van der Waals surface area (Å²) in [6.07, 6.45) is 0. The van der Waals surface area contributed by atoms with Gasteiger partial charge >= 0.3 is 0 Å². The van der Waals surface area contributed by atoms with Crippen molar-refractivity contribution in [3.63, 3.8) is 0 Å². The predicted octanol–water partition coefficient (Wildman–Crippen LogP) is 4.39. The lowest BCUT2D eigenvalue weighted by atomic mass is 10.3. The molecule has 33 heavy (non-hydrogen) atoms. The summed E-state index contributed by atoms with van der Waals surface area (Å²) in [5.41, 5.74) is 0.264. The van der Waals surface area contributed by atoms with E-state index in [1.165, 1.54) is 30.3 Å². The van der Waals surface area contributed by atoms with E-state index in [2.05, 4.69) is 5.32 Å². The Morgan fingerprint density at radius 2 is 1.64 bits per heavy atom. The maximum atomic E-state index is 13.3. The number of hydrogen-bond donors (Lipinski definition) is 1. The van der Waals surface area contributed by atoms with E-state index in [-0.39, 0.29) is 23.7 Å². The number of rotatable bonds is 10. The number of anilines is 1. The molecule has 0 fully saturated rings. The van der Waals surface area contributed by atoms with Crippen LogP contribution in [0.2, 0.25) is 10.0 Å². The molecule has 0 radical (unpaired) electrons. The van der Waals surface area contributed by atoms with E-state index in [1.54, 1.807) is 49.6 Å². The summed E-state index contributed by atoms with van der Waals surface area (Å²) in [7, 11) is -2.50. The van der Waals surface area contributed by atoms with Crippen LogP contribution in [0, 0.1) is 0 Å². The number of carbonyl (C=O) groups is 1. The number of carbonyl (C=O) groups excluding carboxylic acids is 1. The van der Waals surface area contributed by atoms with Crippen LogP contribution in [0.1, 0.15) is 0 Å². The first kappa shape index (κ1) is 24.7. The maximum absolute atomic E-state index is 13.3. The third kappa shape index (κ3) is 6.77. The highest BCUT2D eigenvalue weighted by Gasteiger charge is 2.27. The van der Waals surface area contributed by atoms with Crippen molar-refractivity contribution in [3.05, 3.63) is 82.8 Å². The molecule has 0 aromatic heterocycles. The van der Waals surface area contributed by atoms with Crippen molar-refractivity contribution in [3.8, 4) is 11.5 Å². The summed E-state index contributed by atoms with van der Waals surface area (Å²) in [4.78, 5) is 12.6. The molecule has 0 unspecified atom stereocenters. The highest BCUT2D eigenvalue weighted by molar-refractivity contribution is 7.92. The molecule has 0 saturated carbocycles. The lowest BCUT2D eigenvalue weighted by molar-refractivity contribution is -0.119. The minimum Gasteiger partial charge on any atom is -0.497 e. The number of sulfonamides is 1. The summed E-state index contributed by atoms with van der Waals surface area (Å²) in [6, 6.07) is 19.1. The topological polar surface area (TPSA) is 84.9 Å². The zero-order valence-electron chi connectivity index (χ0n) is 17.7. The molecule has 0 aliphatic carbocycles. The number of hydrogen-bond acceptors (Lipinski definition) is 5. The molecule has 3 rings (SSSR count). The SMILES string of the molecule is COc1cccc(OCCNC(=O)CN(c2cccc(Cl)c2)S(=O)(=O)c2ccc(Cl)cc2)c1. The van der Waals surface area contributed by atoms with Gasteiger partial charge in [-0.05, 0) is 54.6 Å². The van der Waals surface area contributed by atoms with Crippen LogP contribution in [0.15, 0.2) is 77.7 Å². The second-order valence-electron chi connectivity index (χ2n) is 6.82. The molecule has 1 amide bonds. The number of amides is 1. The van der Waals surface area contributed by atoms with E-state index in [4.69, 9.17) is 32.7 Å². The molecule has 0 atom stereocenters. The molecular weight excluding hydrogens is 487 g/mol. The quantitative estimate of drug-likeness (QED) is 0.410. The monoisotopic (exact) mass is 508 g/mol. The third-order valence-electron chi connectivity index (χ3n) is 4.52. The van der Waals surface area contributed by atoms with Crippen molar-refractivity contribution in [2.24, 2.45) is 0 Å². The average molecular weight is 509 g/mol. The highest BCUT2D eigenvalue weighted by atomic mass is 35.5. The van der Waals surface area contributed by atoms with E-state index in [1.807, 2.05) is 0 Å². The van der Waals surface area contributed by atoms with Crippen molar-refractivity contribution >= 4 is 44.8 Å². The van der Waals surface area contributed by atoms with Crippen molar-refractivity contribution in [1.29, 1.82) is 0 Å². The zero-order chi connectivity index (χ0) is 23.8. The predicted molar refractivity (Wildman–Crippen MR) is 129 cm³/mol. The molecule has 1 N–H and O–H groups in total. The van der Waals surface area contributed by atoms with Crippen LogP contribution < -0.4 is 19.1 Å². The smallest absolute Gasteiger partial charge is 0.264 e. The van der Waals surface area contributed by atoms with Gasteiger partial charge in [-0.3, -0.25) is 9.10 Å². The van der Waals surface area contributed by atoms with Gasteiger partial charge in [-0.1, -0.05) is 35.3 Å². The molecule has 3 aromatic rings. The number of nitrogens with zero attached hydrogens (tertiary/aromatic N) is 1. The molecule has 0 saturated heterocycles. The van der Waals surface area contributed by atoms with Crippen LogP contribution >= 0.6 is 23.2 Å². The summed E-state index contributed by atoms with van der Waals surface area (Å²) in [6.45, 7) is -0.0646. The van der Waals surface area contributed by atoms with Gasteiger partial charge in [-0.15, -0.1) is 0 Å². The molecule has 174 valence electrons. The van der Waals surface area contributed by atoms with Gasteiger partial charge in [0, 0.05) is 16.1 Å². The van der Waals surface area contributed by atoms with E-state index < -0.39 is 22.5 Å². The second-order valence-corrected chi connectivity index (χ2v) is 9.56. The first-order chi connectivity index (χ1) is 15.8. The van der Waals surface area contributed by atoms with E-state index >= 15 is 0 Å². The first-order valence-electron chi connectivity index (χ1n) is 9.87. The Kier molecular flexibility index (Phi) is 8.43. The van der Waals surface area contributed by atoms with Crippen molar-refractivity contribution in [2.45, 2.75) is 4.90 Å². The van der Waals surface area contributed by atoms with Gasteiger partial charge in [-0.2, -0.15) is 0 Å². The van der Waals surface area contributed by atoms with E-state index in [9.17, 15) is 13.2 Å². The minimum atomic E-state index is -4.05. The Morgan fingerprint density at radius 1 is 0.939 bits per heavy atom. The third-order valence-corrected chi connectivity index (χ3v) is 6.79. The lowest BCUT2D eigenvalue weighted by Crippen LogP contribution is -2.41. The van der Waals surface area contributed by atoms with Crippen molar-refractivity contribution in [1.82, 2.24) is 5.32 Å². The molecule has 0 aliphatic rings. The summed E-state index contributed by atoms with van der Waals surface area (Å²) < 4.78 is 38.3. The van der Waals surface area contributed by atoms with Gasteiger partial charge in [-0.25, -0.2) is 8.42 Å². The Hall–Kier alpha value is -2.94. The number of benzene rings is 3. The van der Waals surface area contributed by atoms with E-state index in [0.29, 0.717) is 21.5 Å².